The van der Waals surface area contributed by atoms with E-state index in [0.29, 0.717) is 10.8 Å². The maximum Gasteiger partial charge on any atom is 0.222 e. The predicted molar refractivity (Wildman–Crippen MR) is 120 cm³/mol. The van der Waals surface area contributed by atoms with E-state index in [2.05, 4.69) is 20.3 Å². The Bertz CT molecular complexity index is 1110. The molecule has 0 bridgehead atoms. The highest BCUT2D eigenvalue weighted by atomic mass is 35.5. The summed E-state index contributed by atoms with van der Waals surface area (Å²) >= 11 is 8.19. The van der Waals surface area contributed by atoms with Gasteiger partial charge in [-0.3, -0.25) is 4.98 Å². The van der Waals surface area contributed by atoms with Crippen molar-refractivity contribution in [1.29, 1.82) is 0 Å². The normalized spacial score (nSPS) is 10.7. The third-order valence-electron chi connectivity index (χ3n) is 4.18. The summed E-state index contributed by atoms with van der Waals surface area (Å²) in [6, 6.07) is 19.6. The number of nitrogens with one attached hydrogen (secondary N) is 1. The van der Waals surface area contributed by atoms with Crippen LogP contribution in [-0.4, -0.2) is 15.0 Å². The first-order valence-corrected chi connectivity index (χ1v) is 10.1. The zero-order valence-electron chi connectivity index (χ0n) is 15.6. The molecule has 4 aromatic rings. The summed E-state index contributed by atoms with van der Waals surface area (Å²) in [7, 11) is 0. The van der Waals surface area contributed by atoms with Crippen LogP contribution >= 0.6 is 23.4 Å². The Labute approximate surface area is 178 Å². The number of nitrogen functional groups attached to an aromatic ring is 1. The maximum absolute atomic E-state index is 6.58. The van der Waals surface area contributed by atoms with Crippen molar-refractivity contribution in [2.24, 2.45) is 0 Å². The van der Waals surface area contributed by atoms with E-state index in [9.17, 15) is 0 Å². The SMILES string of the molecule is Cc1cc(Nc2cc(-c3ccccc3)nc(N)n2)cc(Cl)c1Sc1ccncc1. The number of halogens is 1. The standard InChI is InChI=1S/C22H18ClN5S/c1-14-11-16(12-18(23)21(14)29-17-7-9-25-10-8-17)26-20-13-19(27-22(24)28-20)15-5-3-2-4-6-15/h2-13H,1H3,(H3,24,26,27,28). The summed E-state index contributed by atoms with van der Waals surface area (Å²) < 4.78 is 0. The van der Waals surface area contributed by atoms with Gasteiger partial charge in [0, 0.05) is 39.5 Å². The van der Waals surface area contributed by atoms with Crippen molar-refractivity contribution < 1.29 is 0 Å². The van der Waals surface area contributed by atoms with Crippen molar-refractivity contribution in [3.8, 4) is 11.3 Å². The molecule has 2 heterocycles. The molecule has 0 aliphatic carbocycles. The molecule has 29 heavy (non-hydrogen) atoms. The molecule has 3 N–H and O–H groups in total. The van der Waals surface area contributed by atoms with Crippen LogP contribution in [0.1, 0.15) is 5.56 Å². The topological polar surface area (TPSA) is 76.7 Å². The lowest BCUT2D eigenvalue weighted by Gasteiger charge is -2.13. The fourth-order valence-corrected chi connectivity index (χ4v) is 4.14. The van der Waals surface area contributed by atoms with Gasteiger partial charge in [0.2, 0.25) is 5.95 Å². The molecule has 0 aliphatic heterocycles. The average Bonchev–Trinajstić information content (AvgIpc) is 2.72. The number of hydrogen-bond donors (Lipinski definition) is 2. The van der Waals surface area contributed by atoms with Crippen molar-refractivity contribution >= 4 is 40.8 Å². The molecule has 0 spiro atoms. The van der Waals surface area contributed by atoms with Gasteiger partial charge in [0.05, 0.1) is 10.7 Å². The van der Waals surface area contributed by atoms with Gasteiger partial charge >= 0.3 is 0 Å². The van der Waals surface area contributed by atoms with Gasteiger partial charge in [-0.1, -0.05) is 53.7 Å². The fourth-order valence-electron chi connectivity index (χ4n) is 2.89. The maximum atomic E-state index is 6.58. The summed E-state index contributed by atoms with van der Waals surface area (Å²) in [4.78, 5) is 14.8. The molecule has 0 saturated heterocycles. The fraction of sp³-hybridized carbons (Fsp3) is 0.0455. The molecule has 0 atom stereocenters. The lowest BCUT2D eigenvalue weighted by molar-refractivity contribution is 1.18. The van der Waals surface area contributed by atoms with Crippen LogP contribution in [-0.2, 0) is 0 Å². The van der Waals surface area contributed by atoms with Gasteiger partial charge < -0.3 is 11.1 Å². The van der Waals surface area contributed by atoms with Crippen molar-refractivity contribution in [2.45, 2.75) is 16.7 Å². The molecular formula is C22H18ClN5S. The minimum atomic E-state index is 0.210. The Morgan fingerprint density at radius 3 is 2.45 bits per heavy atom. The minimum Gasteiger partial charge on any atom is -0.368 e. The van der Waals surface area contributed by atoms with Gasteiger partial charge in [-0.25, -0.2) is 4.98 Å². The van der Waals surface area contributed by atoms with Crippen LogP contribution in [0.15, 0.2) is 82.8 Å². The summed E-state index contributed by atoms with van der Waals surface area (Å²) in [5.74, 6) is 0.822. The molecule has 0 radical (unpaired) electrons. The number of pyridine rings is 1. The summed E-state index contributed by atoms with van der Waals surface area (Å²) in [6.45, 7) is 2.03. The van der Waals surface area contributed by atoms with Crippen molar-refractivity contribution in [2.75, 3.05) is 11.1 Å². The van der Waals surface area contributed by atoms with E-state index in [1.165, 1.54) is 0 Å². The highest BCUT2D eigenvalue weighted by Crippen LogP contribution is 2.38. The minimum absolute atomic E-state index is 0.210. The molecular weight excluding hydrogens is 402 g/mol. The molecule has 0 fully saturated rings. The summed E-state index contributed by atoms with van der Waals surface area (Å²) in [5, 5.41) is 3.96. The van der Waals surface area contributed by atoms with Crippen LogP contribution in [0.4, 0.5) is 17.5 Å². The number of hydrogen-bond acceptors (Lipinski definition) is 6. The van der Waals surface area contributed by atoms with E-state index in [1.54, 1.807) is 24.2 Å². The third-order valence-corrected chi connectivity index (χ3v) is 5.85. The van der Waals surface area contributed by atoms with Crippen molar-refractivity contribution in [1.82, 2.24) is 15.0 Å². The second-order valence-electron chi connectivity index (χ2n) is 6.38. The van der Waals surface area contributed by atoms with E-state index < -0.39 is 0 Å². The molecule has 2 aromatic carbocycles. The van der Waals surface area contributed by atoms with Crippen LogP contribution in [0.25, 0.3) is 11.3 Å². The molecule has 7 heteroatoms. The number of nitrogens with zero attached hydrogens (tertiary/aromatic N) is 3. The smallest absolute Gasteiger partial charge is 0.222 e. The van der Waals surface area contributed by atoms with Gasteiger partial charge in [-0.05, 0) is 36.8 Å². The number of anilines is 3. The van der Waals surface area contributed by atoms with Crippen LogP contribution in [0.2, 0.25) is 5.02 Å². The first-order chi connectivity index (χ1) is 14.1. The van der Waals surface area contributed by atoms with Crippen molar-refractivity contribution in [3.05, 3.63) is 83.6 Å². The zero-order valence-corrected chi connectivity index (χ0v) is 17.2. The second kappa shape index (κ2) is 8.51. The molecule has 0 amide bonds. The van der Waals surface area contributed by atoms with Crippen LogP contribution in [0, 0.1) is 6.92 Å². The molecule has 5 nitrogen and oxygen atoms in total. The molecule has 0 saturated carbocycles. The number of aryl methyl sites for hydroxylation is 1. The van der Waals surface area contributed by atoms with Gasteiger partial charge in [-0.2, -0.15) is 4.98 Å². The molecule has 0 aliphatic rings. The lowest BCUT2D eigenvalue weighted by Crippen LogP contribution is -2.02. The molecule has 0 unspecified atom stereocenters. The van der Waals surface area contributed by atoms with Crippen molar-refractivity contribution in [3.63, 3.8) is 0 Å². The van der Waals surface area contributed by atoms with Crippen LogP contribution < -0.4 is 11.1 Å². The number of nitrogens with two attached hydrogens (primary N) is 1. The van der Waals surface area contributed by atoms with E-state index in [-0.39, 0.29) is 5.95 Å². The predicted octanol–water partition coefficient (Wildman–Crippen LogP) is 5.98. The Morgan fingerprint density at radius 2 is 1.72 bits per heavy atom. The van der Waals surface area contributed by atoms with Gasteiger partial charge in [0.15, 0.2) is 0 Å². The second-order valence-corrected chi connectivity index (χ2v) is 7.87. The lowest BCUT2D eigenvalue weighted by atomic mass is 10.1. The number of rotatable bonds is 5. The highest BCUT2D eigenvalue weighted by Gasteiger charge is 2.11. The van der Waals surface area contributed by atoms with E-state index >= 15 is 0 Å². The van der Waals surface area contributed by atoms with Gasteiger partial charge in [0.25, 0.3) is 0 Å². The monoisotopic (exact) mass is 419 g/mol. The molecule has 4 rings (SSSR count). The Hall–Kier alpha value is -3.09. The Morgan fingerprint density at radius 1 is 0.966 bits per heavy atom. The number of benzene rings is 2. The Kier molecular flexibility index (Phi) is 5.64. The quantitative estimate of drug-likeness (QED) is 0.414. The summed E-state index contributed by atoms with van der Waals surface area (Å²) in [5.41, 5.74) is 9.56. The van der Waals surface area contributed by atoms with Gasteiger partial charge in [0.1, 0.15) is 5.82 Å². The molecule has 2 aromatic heterocycles. The van der Waals surface area contributed by atoms with E-state index in [4.69, 9.17) is 17.3 Å². The van der Waals surface area contributed by atoms with E-state index in [1.807, 2.05) is 67.6 Å². The summed E-state index contributed by atoms with van der Waals surface area (Å²) in [6.07, 6.45) is 3.54. The van der Waals surface area contributed by atoms with Gasteiger partial charge in [-0.15, -0.1) is 0 Å². The Balaban J connectivity index is 1.61. The average molecular weight is 420 g/mol. The van der Waals surface area contributed by atoms with Crippen LogP contribution in [0.5, 0.6) is 0 Å². The third kappa shape index (κ3) is 4.67. The van der Waals surface area contributed by atoms with E-state index in [0.717, 1.165) is 32.3 Å². The first kappa shape index (κ1) is 19.2. The molecule has 144 valence electrons. The highest BCUT2D eigenvalue weighted by molar-refractivity contribution is 7.99. The zero-order chi connectivity index (χ0) is 20.2. The largest absolute Gasteiger partial charge is 0.368 e. The first-order valence-electron chi connectivity index (χ1n) is 8.93. The number of aromatic nitrogens is 3. The van der Waals surface area contributed by atoms with Crippen LogP contribution in [0.3, 0.4) is 0 Å².